The number of hydrogen-bond donors (Lipinski definition) is 2. The predicted octanol–water partition coefficient (Wildman–Crippen LogP) is 5.09. The molecule has 0 radical (unpaired) electrons. The van der Waals surface area contributed by atoms with Crippen LogP contribution in [-0.4, -0.2) is 36.7 Å². The van der Waals surface area contributed by atoms with Gasteiger partial charge in [-0.3, -0.25) is 14.4 Å². The van der Waals surface area contributed by atoms with Gasteiger partial charge in [0, 0.05) is 20.9 Å². The second-order valence-electron chi connectivity index (χ2n) is 8.46. The van der Waals surface area contributed by atoms with Crippen LogP contribution in [0.5, 0.6) is 0 Å². The summed E-state index contributed by atoms with van der Waals surface area (Å²) in [5, 5.41) is 31.0. The van der Waals surface area contributed by atoms with Crippen LogP contribution in [-0.2, 0) is 11.4 Å². The number of aromatic nitrogens is 3. The lowest BCUT2D eigenvalue weighted by Gasteiger charge is -2.16. The van der Waals surface area contributed by atoms with Crippen LogP contribution in [0.4, 0.5) is 0 Å². The van der Waals surface area contributed by atoms with Crippen molar-refractivity contribution in [2.75, 3.05) is 0 Å². The van der Waals surface area contributed by atoms with Crippen molar-refractivity contribution in [1.29, 1.82) is 0 Å². The molecule has 2 N–H and O–H groups in total. The molecule has 34 heavy (non-hydrogen) atoms. The molecule has 3 aromatic heterocycles. The molecule has 0 fully saturated rings. The van der Waals surface area contributed by atoms with Crippen LogP contribution in [0.1, 0.15) is 51.7 Å². The van der Waals surface area contributed by atoms with Crippen molar-refractivity contribution >= 4 is 34.4 Å². The first kappa shape index (κ1) is 22.6. The van der Waals surface area contributed by atoms with Gasteiger partial charge in [0.1, 0.15) is 16.9 Å². The fourth-order valence-electron chi connectivity index (χ4n) is 4.31. The lowest BCUT2D eigenvalue weighted by molar-refractivity contribution is -0.141. The number of aryl methyl sites for hydroxylation is 2. The third-order valence-electron chi connectivity index (χ3n) is 6.39. The van der Waals surface area contributed by atoms with Gasteiger partial charge < -0.3 is 10.2 Å². The van der Waals surface area contributed by atoms with E-state index in [-0.39, 0.29) is 6.61 Å². The van der Waals surface area contributed by atoms with Gasteiger partial charge in [0.05, 0.1) is 18.2 Å². The smallest absolute Gasteiger partial charge is 0.308 e. The summed E-state index contributed by atoms with van der Waals surface area (Å²) in [7, 11) is 0. The van der Waals surface area contributed by atoms with E-state index in [2.05, 4.69) is 24.0 Å². The highest BCUT2D eigenvalue weighted by atomic mass is 32.1. The first-order chi connectivity index (χ1) is 16.3. The van der Waals surface area contributed by atoms with Crippen LogP contribution in [0.2, 0.25) is 0 Å². The van der Waals surface area contributed by atoms with Crippen molar-refractivity contribution in [3.05, 3.63) is 74.5 Å². The minimum Gasteiger partial charge on any atom is -0.481 e. The van der Waals surface area contributed by atoms with Crippen LogP contribution in [0.25, 0.3) is 15.4 Å². The SMILES string of the molecule is Cc1sc2c(c1C)C(c1ccc(-c3sccc3CO)cc1)=NC([C@H](C)C(=O)O)c1nnc(C)n1-2. The van der Waals surface area contributed by atoms with Gasteiger partial charge in [0.2, 0.25) is 0 Å². The Balaban J connectivity index is 1.71. The van der Waals surface area contributed by atoms with E-state index in [1.165, 1.54) is 4.88 Å². The molecule has 2 atom stereocenters. The van der Waals surface area contributed by atoms with Gasteiger partial charge in [-0.05, 0) is 55.8 Å². The van der Waals surface area contributed by atoms with Crippen LogP contribution in [0.3, 0.4) is 0 Å². The molecular formula is C25H24N4O3S2. The molecule has 0 bridgehead atoms. The Labute approximate surface area is 205 Å². The van der Waals surface area contributed by atoms with Gasteiger partial charge in [0.15, 0.2) is 5.82 Å². The van der Waals surface area contributed by atoms with Crippen LogP contribution < -0.4 is 0 Å². The van der Waals surface area contributed by atoms with E-state index in [1.54, 1.807) is 29.6 Å². The van der Waals surface area contributed by atoms with E-state index < -0.39 is 17.9 Å². The molecule has 9 heteroatoms. The maximum atomic E-state index is 12.0. The third-order valence-corrected chi connectivity index (χ3v) is 8.59. The molecule has 1 unspecified atom stereocenters. The minimum absolute atomic E-state index is 0.00235. The molecular weight excluding hydrogens is 468 g/mol. The molecule has 4 heterocycles. The Morgan fingerprint density at radius 1 is 1.12 bits per heavy atom. The van der Waals surface area contributed by atoms with Crippen LogP contribution in [0, 0.1) is 26.7 Å². The highest BCUT2D eigenvalue weighted by Crippen LogP contribution is 2.41. The van der Waals surface area contributed by atoms with Crippen molar-refractivity contribution < 1.29 is 15.0 Å². The summed E-state index contributed by atoms with van der Waals surface area (Å²) in [6.07, 6.45) is 0. The highest BCUT2D eigenvalue weighted by molar-refractivity contribution is 7.15. The molecule has 0 saturated heterocycles. The zero-order chi connectivity index (χ0) is 24.1. The first-order valence-electron chi connectivity index (χ1n) is 10.9. The number of carboxylic acids is 1. The monoisotopic (exact) mass is 492 g/mol. The Hall–Kier alpha value is -3.14. The quantitative estimate of drug-likeness (QED) is 0.404. The van der Waals surface area contributed by atoms with Gasteiger partial charge in [-0.2, -0.15) is 0 Å². The standard InChI is InChI=1S/C25H24N4O3S2/c1-12-14(3)34-24-19(12)21(16-5-7-17(8-6-16)22-18(11-30)9-10-33-22)26-20(13(2)25(31)32)23-28-27-15(4)29(23)24/h5-10,13,20,30H,11H2,1-4H3,(H,31,32)/t13-,20?/m0/s1. The van der Waals surface area contributed by atoms with E-state index in [9.17, 15) is 15.0 Å². The number of rotatable bonds is 5. The first-order valence-corrected chi connectivity index (χ1v) is 12.6. The Morgan fingerprint density at radius 2 is 1.82 bits per heavy atom. The summed E-state index contributed by atoms with van der Waals surface area (Å²) in [5.74, 6) is -0.442. The molecule has 0 amide bonds. The lowest BCUT2D eigenvalue weighted by atomic mass is 9.97. The molecule has 0 aliphatic carbocycles. The van der Waals surface area contributed by atoms with Crippen molar-refractivity contribution in [2.24, 2.45) is 10.9 Å². The predicted molar refractivity (Wildman–Crippen MR) is 134 cm³/mol. The number of nitrogens with zero attached hydrogens (tertiary/aromatic N) is 4. The third kappa shape index (κ3) is 3.51. The van der Waals surface area contributed by atoms with E-state index in [4.69, 9.17) is 4.99 Å². The number of carbonyl (C=O) groups is 1. The topological polar surface area (TPSA) is 101 Å². The molecule has 7 nitrogen and oxygen atoms in total. The van der Waals surface area contributed by atoms with Crippen molar-refractivity contribution in [3.63, 3.8) is 0 Å². The van der Waals surface area contributed by atoms with Gasteiger partial charge in [-0.1, -0.05) is 24.3 Å². The number of hydrogen-bond acceptors (Lipinski definition) is 7. The summed E-state index contributed by atoms with van der Waals surface area (Å²) >= 11 is 3.24. The maximum Gasteiger partial charge on any atom is 0.308 e. The largest absolute Gasteiger partial charge is 0.481 e. The average Bonchev–Trinajstić information content (AvgIpc) is 3.50. The number of thiophene rings is 2. The molecule has 1 aromatic carbocycles. The Kier molecular flexibility index (Phi) is 5.71. The Morgan fingerprint density at radius 3 is 2.50 bits per heavy atom. The number of aliphatic imine (C=N–C) groups is 1. The zero-order valence-corrected chi connectivity index (χ0v) is 20.9. The Bertz CT molecular complexity index is 1430. The van der Waals surface area contributed by atoms with E-state index >= 15 is 0 Å². The maximum absolute atomic E-state index is 12.0. The van der Waals surface area contributed by atoms with Gasteiger partial charge >= 0.3 is 5.97 Å². The number of aliphatic carboxylic acids is 1. The van der Waals surface area contributed by atoms with Crippen molar-refractivity contribution in [2.45, 2.75) is 40.3 Å². The fourth-order valence-corrected chi connectivity index (χ4v) is 6.45. The van der Waals surface area contributed by atoms with Crippen LogP contribution in [0.15, 0.2) is 40.7 Å². The summed E-state index contributed by atoms with van der Waals surface area (Å²) < 4.78 is 1.97. The molecule has 174 valence electrons. The van der Waals surface area contributed by atoms with Gasteiger partial charge in [-0.15, -0.1) is 32.9 Å². The lowest BCUT2D eigenvalue weighted by Crippen LogP contribution is -2.21. The van der Waals surface area contributed by atoms with E-state index in [0.717, 1.165) is 43.4 Å². The molecule has 0 saturated carbocycles. The zero-order valence-electron chi connectivity index (χ0n) is 19.2. The van der Waals surface area contributed by atoms with Crippen molar-refractivity contribution in [1.82, 2.24) is 14.8 Å². The number of fused-ring (bicyclic) bond motifs is 3. The fraction of sp³-hybridized carbons (Fsp3) is 0.280. The molecule has 4 aromatic rings. The number of aliphatic hydroxyl groups is 1. The number of benzene rings is 1. The van der Waals surface area contributed by atoms with Crippen LogP contribution >= 0.6 is 22.7 Å². The highest BCUT2D eigenvalue weighted by Gasteiger charge is 2.36. The number of aliphatic hydroxyl groups excluding tert-OH is 1. The number of carboxylic acid groups (broad SMARTS) is 1. The second kappa shape index (κ2) is 8.57. The second-order valence-corrected chi connectivity index (χ2v) is 10.6. The molecule has 5 rings (SSSR count). The average molecular weight is 493 g/mol. The molecule has 1 aliphatic rings. The summed E-state index contributed by atoms with van der Waals surface area (Å²) in [6, 6.07) is 9.36. The summed E-state index contributed by atoms with van der Waals surface area (Å²) in [6.45, 7) is 7.70. The van der Waals surface area contributed by atoms with Gasteiger partial charge in [0.25, 0.3) is 0 Å². The van der Waals surface area contributed by atoms with E-state index in [0.29, 0.717) is 11.6 Å². The van der Waals surface area contributed by atoms with Gasteiger partial charge in [-0.25, -0.2) is 0 Å². The normalized spacial score (nSPS) is 15.9. The summed E-state index contributed by atoms with van der Waals surface area (Å²) in [5.41, 5.74) is 5.71. The minimum atomic E-state index is -0.928. The van der Waals surface area contributed by atoms with E-state index in [1.807, 2.05) is 47.2 Å². The van der Waals surface area contributed by atoms with Crippen molar-refractivity contribution in [3.8, 4) is 15.4 Å². The molecule has 1 aliphatic heterocycles. The summed E-state index contributed by atoms with van der Waals surface area (Å²) in [4.78, 5) is 19.3. The molecule has 0 spiro atoms.